The zero-order valence-corrected chi connectivity index (χ0v) is 12.9. The van der Waals surface area contributed by atoms with Gasteiger partial charge < -0.3 is 15.1 Å². The molecule has 18 heavy (non-hydrogen) atoms. The standard InChI is InChI=1S/C14H32N4/c1-13(2)14(12-16(3)4)15-6-7-18-10-8-17(5)9-11-18/h13-15H,6-12H2,1-5H3. The molecule has 0 aromatic heterocycles. The average Bonchev–Trinajstić information content (AvgIpc) is 2.29. The minimum absolute atomic E-state index is 0.604. The van der Waals surface area contributed by atoms with Crippen molar-refractivity contribution in [3.63, 3.8) is 0 Å². The van der Waals surface area contributed by atoms with Crippen LogP contribution >= 0.6 is 0 Å². The molecule has 1 atom stereocenters. The first-order valence-electron chi connectivity index (χ1n) is 7.28. The highest BCUT2D eigenvalue weighted by atomic mass is 15.2. The van der Waals surface area contributed by atoms with Crippen LogP contribution in [0.4, 0.5) is 0 Å². The summed E-state index contributed by atoms with van der Waals surface area (Å²) in [6.07, 6.45) is 0. The van der Waals surface area contributed by atoms with Gasteiger partial charge in [0, 0.05) is 51.9 Å². The molecule has 0 aromatic carbocycles. The van der Waals surface area contributed by atoms with Gasteiger partial charge in [-0.3, -0.25) is 4.90 Å². The van der Waals surface area contributed by atoms with Crippen LogP contribution in [0.5, 0.6) is 0 Å². The Balaban J connectivity index is 2.18. The van der Waals surface area contributed by atoms with Gasteiger partial charge in [-0.25, -0.2) is 0 Å². The van der Waals surface area contributed by atoms with E-state index < -0.39 is 0 Å². The Hall–Kier alpha value is -0.160. The minimum atomic E-state index is 0.604. The minimum Gasteiger partial charge on any atom is -0.311 e. The fourth-order valence-corrected chi connectivity index (χ4v) is 2.38. The van der Waals surface area contributed by atoms with Crippen molar-refractivity contribution in [2.75, 3.05) is 67.0 Å². The topological polar surface area (TPSA) is 21.8 Å². The van der Waals surface area contributed by atoms with Crippen LogP contribution in [0.25, 0.3) is 0 Å². The normalized spacial score (nSPS) is 20.8. The van der Waals surface area contributed by atoms with E-state index in [4.69, 9.17) is 0 Å². The van der Waals surface area contributed by atoms with Crippen molar-refractivity contribution < 1.29 is 0 Å². The lowest BCUT2D eigenvalue weighted by Gasteiger charge is -2.33. The molecule has 0 aromatic rings. The molecule has 1 unspecified atom stereocenters. The molecule has 0 saturated carbocycles. The molecular weight excluding hydrogens is 224 g/mol. The van der Waals surface area contributed by atoms with Crippen molar-refractivity contribution in [2.45, 2.75) is 19.9 Å². The van der Waals surface area contributed by atoms with Crippen molar-refractivity contribution >= 4 is 0 Å². The first kappa shape index (κ1) is 15.9. The van der Waals surface area contributed by atoms with Crippen LogP contribution in [0.3, 0.4) is 0 Å². The van der Waals surface area contributed by atoms with Crippen molar-refractivity contribution in [3.05, 3.63) is 0 Å². The van der Waals surface area contributed by atoms with Crippen molar-refractivity contribution in [1.29, 1.82) is 0 Å². The van der Waals surface area contributed by atoms with E-state index in [0.29, 0.717) is 12.0 Å². The van der Waals surface area contributed by atoms with E-state index in [0.717, 1.165) is 13.1 Å². The summed E-state index contributed by atoms with van der Waals surface area (Å²) in [6, 6.07) is 0.604. The van der Waals surface area contributed by atoms with Gasteiger partial charge in [0.25, 0.3) is 0 Å². The molecule has 1 saturated heterocycles. The third kappa shape index (κ3) is 6.14. The largest absolute Gasteiger partial charge is 0.311 e. The van der Waals surface area contributed by atoms with E-state index >= 15 is 0 Å². The summed E-state index contributed by atoms with van der Waals surface area (Å²) < 4.78 is 0. The lowest BCUT2D eigenvalue weighted by Crippen LogP contribution is -2.49. The highest BCUT2D eigenvalue weighted by Crippen LogP contribution is 2.03. The maximum Gasteiger partial charge on any atom is 0.0218 e. The smallest absolute Gasteiger partial charge is 0.0218 e. The lowest BCUT2D eigenvalue weighted by molar-refractivity contribution is 0.151. The molecule has 0 bridgehead atoms. The van der Waals surface area contributed by atoms with Crippen LogP contribution in [-0.2, 0) is 0 Å². The van der Waals surface area contributed by atoms with Gasteiger partial charge in [-0.05, 0) is 27.1 Å². The van der Waals surface area contributed by atoms with Gasteiger partial charge >= 0.3 is 0 Å². The number of piperazine rings is 1. The predicted molar refractivity (Wildman–Crippen MR) is 79.1 cm³/mol. The summed E-state index contributed by atoms with van der Waals surface area (Å²) in [4.78, 5) is 7.25. The Morgan fingerprint density at radius 3 is 2.22 bits per heavy atom. The molecule has 0 radical (unpaired) electrons. The molecule has 1 N–H and O–H groups in total. The van der Waals surface area contributed by atoms with Gasteiger partial charge in [0.05, 0.1) is 0 Å². The maximum atomic E-state index is 3.71. The monoisotopic (exact) mass is 256 g/mol. The molecular formula is C14H32N4. The second-order valence-corrected chi connectivity index (χ2v) is 6.21. The summed E-state index contributed by atoms with van der Waals surface area (Å²) in [5, 5.41) is 3.71. The first-order chi connectivity index (χ1) is 8.49. The summed E-state index contributed by atoms with van der Waals surface area (Å²) in [5.41, 5.74) is 0. The molecule has 1 rings (SSSR count). The van der Waals surface area contributed by atoms with E-state index in [9.17, 15) is 0 Å². The quantitative estimate of drug-likeness (QED) is 0.712. The van der Waals surface area contributed by atoms with Crippen molar-refractivity contribution in [1.82, 2.24) is 20.0 Å². The second kappa shape index (κ2) is 8.10. The summed E-state index contributed by atoms with van der Waals surface area (Å²) in [5.74, 6) is 0.694. The van der Waals surface area contributed by atoms with Crippen LogP contribution in [-0.4, -0.2) is 87.7 Å². The predicted octanol–water partition coefficient (Wildman–Crippen LogP) is 0.410. The molecule has 0 amide bonds. The Labute approximate surface area is 113 Å². The summed E-state index contributed by atoms with van der Waals surface area (Å²) in [7, 11) is 6.51. The van der Waals surface area contributed by atoms with Crippen LogP contribution in [0.15, 0.2) is 0 Å². The van der Waals surface area contributed by atoms with Crippen LogP contribution in [0.2, 0.25) is 0 Å². The van der Waals surface area contributed by atoms with Crippen LogP contribution in [0.1, 0.15) is 13.8 Å². The third-order valence-electron chi connectivity index (χ3n) is 3.80. The van der Waals surface area contributed by atoms with E-state index in [1.807, 2.05) is 0 Å². The first-order valence-corrected chi connectivity index (χ1v) is 7.28. The molecule has 108 valence electrons. The van der Waals surface area contributed by atoms with Gasteiger partial charge in [0.1, 0.15) is 0 Å². The van der Waals surface area contributed by atoms with Gasteiger partial charge in [-0.2, -0.15) is 0 Å². The van der Waals surface area contributed by atoms with Crippen molar-refractivity contribution in [2.24, 2.45) is 5.92 Å². The van der Waals surface area contributed by atoms with Crippen LogP contribution < -0.4 is 5.32 Å². The highest BCUT2D eigenvalue weighted by molar-refractivity contribution is 4.75. The molecule has 1 aliphatic rings. The maximum absolute atomic E-state index is 3.71. The Bertz CT molecular complexity index is 210. The molecule has 1 aliphatic heterocycles. The third-order valence-corrected chi connectivity index (χ3v) is 3.80. The van der Waals surface area contributed by atoms with Gasteiger partial charge in [-0.15, -0.1) is 0 Å². The second-order valence-electron chi connectivity index (χ2n) is 6.21. The Kier molecular flexibility index (Phi) is 7.15. The number of nitrogens with zero attached hydrogens (tertiary/aromatic N) is 3. The summed E-state index contributed by atoms with van der Waals surface area (Å²) in [6.45, 7) is 12.9. The number of nitrogens with one attached hydrogen (secondary N) is 1. The van der Waals surface area contributed by atoms with E-state index in [2.05, 4.69) is 55.0 Å². The van der Waals surface area contributed by atoms with E-state index in [1.165, 1.54) is 32.7 Å². The Morgan fingerprint density at radius 1 is 1.11 bits per heavy atom. The van der Waals surface area contributed by atoms with Crippen molar-refractivity contribution in [3.8, 4) is 0 Å². The van der Waals surface area contributed by atoms with E-state index in [-0.39, 0.29) is 0 Å². The lowest BCUT2D eigenvalue weighted by atomic mass is 10.0. The average molecular weight is 256 g/mol. The molecule has 4 nitrogen and oxygen atoms in total. The molecule has 0 aliphatic carbocycles. The molecule has 1 fully saturated rings. The molecule has 1 heterocycles. The van der Waals surface area contributed by atoms with Gasteiger partial charge in [-0.1, -0.05) is 13.8 Å². The fraction of sp³-hybridized carbons (Fsp3) is 1.00. The fourth-order valence-electron chi connectivity index (χ4n) is 2.38. The SMILES string of the molecule is CC(C)C(CN(C)C)NCCN1CCN(C)CC1. The highest BCUT2D eigenvalue weighted by Gasteiger charge is 2.16. The van der Waals surface area contributed by atoms with Crippen LogP contribution in [0, 0.1) is 5.92 Å². The van der Waals surface area contributed by atoms with E-state index in [1.54, 1.807) is 0 Å². The molecule has 0 spiro atoms. The van der Waals surface area contributed by atoms with Gasteiger partial charge in [0.2, 0.25) is 0 Å². The number of hydrogen-bond donors (Lipinski definition) is 1. The number of hydrogen-bond acceptors (Lipinski definition) is 4. The Morgan fingerprint density at radius 2 is 1.72 bits per heavy atom. The molecule has 4 heteroatoms. The zero-order chi connectivity index (χ0) is 13.5. The van der Waals surface area contributed by atoms with Gasteiger partial charge in [0.15, 0.2) is 0 Å². The number of likely N-dealkylation sites (N-methyl/N-ethyl adjacent to an activating group) is 2. The number of rotatable bonds is 7. The summed E-state index contributed by atoms with van der Waals surface area (Å²) >= 11 is 0. The zero-order valence-electron chi connectivity index (χ0n) is 12.9.